The van der Waals surface area contributed by atoms with Crippen molar-refractivity contribution in [3.8, 4) is 11.3 Å². The summed E-state index contributed by atoms with van der Waals surface area (Å²) in [6.45, 7) is 2.14. The van der Waals surface area contributed by atoms with Crippen LogP contribution in [-0.2, 0) is 7.05 Å². The van der Waals surface area contributed by atoms with Crippen molar-refractivity contribution >= 4 is 0 Å². The predicted molar refractivity (Wildman–Crippen MR) is 95.9 cm³/mol. The van der Waals surface area contributed by atoms with Crippen molar-refractivity contribution in [2.24, 2.45) is 7.05 Å². The van der Waals surface area contributed by atoms with Gasteiger partial charge in [-0.2, -0.15) is 10.2 Å². The lowest BCUT2D eigenvalue weighted by molar-refractivity contribution is -0.0113. The van der Waals surface area contributed by atoms with Gasteiger partial charge in [0.2, 0.25) is 0 Å². The van der Waals surface area contributed by atoms with E-state index in [1.54, 1.807) is 6.20 Å². The first-order valence-electron chi connectivity index (χ1n) is 8.66. The van der Waals surface area contributed by atoms with E-state index >= 15 is 0 Å². The number of aliphatic hydroxyl groups excluding tert-OH is 1. The van der Waals surface area contributed by atoms with Crippen molar-refractivity contribution in [3.05, 3.63) is 60.6 Å². The fraction of sp³-hybridized carbons (Fsp3) is 0.368. The van der Waals surface area contributed by atoms with E-state index in [9.17, 15) is 5.11 Å². The van der Waals surface area contributed by atoms with E-state index in [1.165, 1.54) is 0 Å². The highest BCUT2D eigenvalue weighted by atomic mass is 16.3. The molecule has 0 aliphatic heterocycles. The molecule has 2 N–H and O–H groups in total. The molecule has 1 aliphatic rings. The Hall–Kier alpha value is -2.44. The van der Waals surface area contributed by atoms with Crippen LogP contribution in [0.2, 0.25) is 0 Å². The molecule has 3 aromatic rings. The van der Waals surface area contributed by atoms with Crippen LogP contribution < -0.4 is 5.32 Å². The first kappa shape index (κ1) is 16.1. The number of aryl methyl sites for hydroxylation is 1. The number of benzene rings is 1. The Labute approximate surface area is 147 Å². The summed E-state index contributed by atoms with van der Waals surface area (Å²) in [4.78, 5) is 0. The summed E-state index contributed by atoms with van der Waals surface area (Å²) in [6, 6.07) is 14.5. The van der Waals surface area contributed by atoms with E-state index in [2.05, 4.69) is 40.6 Å². The minimum absolute atomic E-state index is 0.0146. The van der Waals surface area contributed by atoms with Crippen LogP contribution in [0.1, 0.15) is 31.1 Å². The van der Waals surface area contributed by atoms with Crippen LogP contribution in [0.25, 0.3) is 11.3 Å². The Kier molecular flexibility index (Phi) is 4.15. The molecule has 1 saturated carbocycles. The predicted octanol–water partition coefficient (Wildman–Crippen LogP) is 2.31. The Balaban J connectivity index is 1.50. The van der Waals surface area contributed by atoms with Crippen molar-refractivity contribution in [1.29, 1.82) is 0 Å². The zero-order chi connectivity index (χ0) is 17.4. The lowest BCUT2D eigenvalue weighted by Gasteiger charge is -2.43. The maximum atomic E-state index is 10.1. The van der Waals surface area contributed by atoms with E-state index in [0.29, 0.717) is 0 Å². The SMILES string of the molecule is CC(N[C@H]1C[C@@H](O)[C@@H]1n1cccn1)c1cc(-c2ccccc2)nn1C. The molecule has 0 amide bonds. The van der Waals surface area contributed by atoms with E-state index in [0.717, 1.165) is 23.4 Å². The Morgan fingerprint density at radius 1 is 1.24 bits per heavy atom. The maximum Gasteiger partial charge on any atom is 0.0932 e. The lowest BCUT2D eigenvalue weighted by atomic mass is 9.82. The average Bonchev–Trinajstić information content (AvgIpc) is 3.25. The second-order valence-corrected chi connectivity index (χ2v) is 6.72. The molecule has 0 spiro atoms. The number of rotatable bonds is 5. The molecule has 0 bridgehead atoms. The highest BCUT2D eigenvalue weighted by molar-refractivity contribution is 5.59. The van der Waals surface area contributed by atoms with Gasteiger partial charge in [0.1, 0.15) is 0 Å². The summed E-state index contributed by atoms with van der Waals surface area (Å²) < 4.78 is 3.77. The largest absolute Gasteiger partial charge is 0.391 e. The second kappa shape index (κ2) is 6.46. The van der Waals surface area contributed by atoms with Crippen LogP contribution in [0.5, 0.6) is 0 Å². The summed E-state index contributed by atoms with van der Waals surface area (Å²) in [6.07, 6.45) is 4.04. The zero-order valence-electron chi connectivity index (χ0n) is 14.4. The molecule has 1 aliphatic carbocycles. The molecule has 1 unspecified atom stereocenters. The number of hydrogen-bond donors (Lipinski definition) is 2. The third-order valence-corrected chi connectivity index (χ3v) is 5.03. The molecule has 130 valence electrons. The fourth-order valence-corrected chi connectivity index (χ4v) is 3.64. The van der Waals surface area contributed by atoms with Crippen molar-refractivity contribution in [1.82, 2.24) is 24.9 Å². The van der Waals surface area contributed by atoms with Gasteiger partial charge in [0.25, 0.3) is 0 Å². The van der Waals surface area contributed by atoms with Gasteiger partial charge in [0, 0.05) is 37.1 Å². The summed E-state index contributed by atoms with van der Waals surface area (Å²) in [7, 11) is 1.97. The normalized spacial score (nSPS) is 24.0. The van der Waals surface area contributed by atoms with Crippen molar-refractivity contribution in [3.63, 3.8) is 0 Å². The molecule has 4 atom stereocenters. The van der Waals surface area contributed by atoms with Crippen LogP contribution in [0, 0.1) is 0 Å². The standard InChI is InChI=1S/C19H23N5O/c1-13(21-16-12-18(25)19(16)24-10-6-9-20-24)17-11-15(22-23(17)2)14-7-4-3-5-8-14/h3-11,13,16,18-19,21,25H,12H2,1-2H3/t13?,16-,18+,19+/m0/s1. The third kappa shape index (κ3) is 2.99. The number of hydrogen-bond acceptors (Lipinski definition) is 4. The minimum atomic E-state index is -0.351. The summed E-state index contributed by atoms with van der Waals surface area (Å²) in [5.74, 6) is 0. The van der Waals surface area contributed by atoms with Gasteiger partial charge in [-0.05, 0) is 25.5 Å². The monoisotopic (exact) mass is 337 g/mol. The van der Waals surface area contributed by atoms with Crippen molar-refractivity contribution < 1.29 is 5.11 Å². The smallest absolute Gasteiger partial charge is 0.0932 e. The highest BCUT2D eigenvalue weighted by Crippen LogP contribution is 2.34. The summed E-state index contributed by atoms with van der Waals surface area (Å²) in [5, 5.41) is 22.7. The van der Waals surface area contributed by atoms with Crippen LogP contribution >= 0.6 is 0 Å². The van der Waals surface area contributed by atoms with Gasteiger partial charge in [-0.15, -0.1) is 0 Å². The molecule has 6 nitrogen and oxygen atoms in total. The van der Waals surface area contributed by atoms with E-state index < -0.39 is 0 Å². The van der Waals surface area contributed by atoms with Crippen molar-refractivity contribution in [2.75, 3.05) is 0 Å². The van der Waals surface area contributed by atoms with Crippen LogP contribution in [0.4, 0.5) is 0 Å². The Morgan fingerprint density at radius 2 is 2.04 bits per heavy atom. The maximum absolute atomic E-state index is 10.1. The van der Waals surface area contributed by atoms with E-state index in [4.69, 9.17) is 0 Å². The topological polar surface area (TPSA) is 67.9 Å². The summed E-state index contributed by atoms with van der Waals surface area (Å²) in [5.41, 5.74) is 3.22. The first-order valence-corrected chi connectivity index (χ1v) is 8.66. The van der Waals surface area contributed by atoms with Gasteiger partial charge in [0.05, 0.1) is 23.5 Å². The van der Waals surface area contributed by atoms with Gasteiger partial charge < -0.3 is 10.4 Å². The van der Waals surface area contributed by atoms with Gasteiger partial charge in [-0.1, -0.05) is 30.3 Å². The molecule has 4 rings (SSSR count). The van der Waals surface area contributed by atoms with E-state index in [1.807, 2.05) is 46.9 Å². The number of nitrogens with zero attached hydrogens (tertiary/aromatic N) is 4. The van der Waals surface area contributed by atoms with Gasteiger partial charge in [0.15, 0.2) is 0 Å². The molecular formula is C19H23N5O. The second-order valence-electron chi connectivity index (χ2n) is 6.72. The first-order chi connectivity index (χ1) is 12.1. The quantitative estimate of drug-likeness (QED) is 0.750. The molecule has 25 heavy (non-hydrogen) atoms. The molecule has 1 aromatic carbocycles. The Bertz CT molecular complexity index is 827. The molecular weight excluding hydrogens is 314 g/mol. The molecule has 2 heterocycles. The molecule has 0 saturated heterocycles. The van der Waals surface area contributed by atoms with Crippen LogP contribution in [-0.4, -0.2) is 36.8 Å². The third-order valence-electron chi connectivity index (χ3n) is 5.03. The molecule has 2 aromatic heterocycles. The number of aliphatic hydroxyl groups is 1. The zero-order valence-corrected chi connectivity index (χ0v) is 14.4. The van der Waals surface area contributed by atoms with Gasteiger partial charge >= 0.3 is 0 Å². The van der Waals surface area contributed by atoms with Crippen LogP contribution in [0.15, 0.2) is 54.9 Å². The number of aromatic nitrogens is 4. The molecule has 6 heteroatoms. The van der Waals surface area contributed by atoms with Gasteiger partial charge in [-0.3, -0.25) is 9.36 Å². The number of nitrogens with one attached hydrogen (secondary N) is 1. The average molecular weight is 337 g/mol. The fourth-order valence-electron chi connectivity index (χ4n) is 3.64. The van der Waals surface area contributed by atoms with E-state index in [-0.39, 0.29) is 24.2 Å². The summed E-state index contributed by atoms with van der Waals surface area (Å²) >= 11 is 0. The highest BCUT2D eigenvalue weighted by Gasteiger charge is 2.42. The molecule has 1 fully saturated rings. The lowest BCUT2D eigenvalue weighted by Crippen LogP contribution is -2.55. The Morgan fingerprint density at radius 3 is 2.72 bits per heavy atom. The van der Waals surface area contributed by atoms with Gasteiger partial charge in [-0.25, -0.2) is 0 Å². The molecule has 0 radical (unpaired) electrons. The van der Waals surface area contributed by atoms with Crippen molar-refractivity contribution in [2.45, 2.75) is 37.6 Å². The van der Waals surface area contributed by atoms with Crippen LogP contribution in [0.3, 0.4) is 0 Å². The minimum Gasteiger partial charge on any atom is -0.391 e.